The molecule has 2 aliphatic heterocycles. The number of nitrogens with zero attached hydrogens (tertiary/aromatic N) is 5. The molecule has 2 fully saturated rings. The van der Waals surface area contributed by atoms with Crippen LogP contribution in [0.5, 0.6) is 0 Å². The maximum atomic E-state index is 12.7. The van der Waals surface area contributed by atoms with E-state index in [0.717, 1.165) is 61.2 Å². The Balaban J connectivity index is 1.28. The minimum Gasteiger partial charge on any atom is -0.342 e. The van der Waals surface area contributed by atoms with Crippen LogP contribution in [0.25, 0.3) is 10.7 Å². The zero-order chi connectivity index (χ0) is 20.9. The van der Waals surface area contributed by atoms with E-state index >= 15 is 0 Å². The van der Waals surface area contributed by atoms with Crippen molar-refractivity contribution in [3.8, 4) is 10.7 Å². The molecule has 30 heavy (non-hydrogen) atoms. The van der Waals surface area contributed by atoms with E-state index in [9.17, 15) is 9.59 Å². The molecule has 2 aromatic heterocycles. The monoisotopic (exact) mass is 447 g/mol. The molecule has 0 unspecified atom stereocenters. The third kappa shape index (κ3) is 4.72. The molecule has 0 aromatic carbocycles. The van der Waals surface area contributed by atoms with Crippen molar-refractivity contribution in [1.82, 2.24) is 24.6 Å². The number of rotatable bonds is 6. The van der Waals surface area contributed by atoms with Crippen molar-refractivity contribution < 1.29 is 9.59 Å². The summed E-state index contributed by atoms with van der Waals surface area (Å²) in [5, 5.41) is 11.4. The lowest BCUT2D eigenvalue weighted by Crippen LogP contribution is -2.46. The number of hydrogen-bond donors (Lipinski definition) is 0. The molecular weight excluding hydrogens is 418 g/mol. The first kappa shape index (κ1) is 21.4. The van der Waals surface area contributed by atoms with Gasteiger partial charge < -0.3 is 14.4 Å². The Labute approximate surface area is 185 Å². The molecule has 0 spiro atoms. The van der Waals surface area contributed by atoms with E-state index < -0.39 is 0 Å². The number of hydrogen-bond acceptors (Lipinski definition) is 6. The fraction of sp³-hybridized carbons (Fsp3) is 0.619. The van der Waals surface area contributed by atoms with Crippen LogP contribution in [-0.4, -0.2) is 68.3 Å². The molecule has 0 atom stereocenters. The highest BCUT2D eigenvalue weighted by Gasteiger charge is 2.30. The average molecular weight is 448 g/mol. The van der Waals surface area contributed by atoms with Gasteiger partial charge in [0.2, 0.25) is 11.8 Å². The quantitative estimate of drug-likeness (QED) is 0.635. The van der Waals surface area contributed by atoms with Crippen LogP contribution in [0.2, 0.25) is 0 Å². The first-order valence-corrected chi connectivity index (χ1v) is 12.7. The highest BCUT2D eigenvalue weighted by Crippen LogP contribution is 2.28. The van der Waals surface area contributed by atoms with Crippen molar-refractivity contribution >= 4 is 34.9 Å². The van der Waals surface area contributed by atoms with Crippen LogP contribution < -0.4 is 0 Å². The van der Waals surface area contributed by atoms with Gasteiger partial charge >= 0.3 is 0 Å². The van der Waals surface area contributed by atoms with Crippen LogP contribution in [0, 0.1) is 5.92 Å². The smallest absolute Gasteiger partial charge is 0.233 e. The fourth-order valence-corrected chi connectivity index (χ4v) is 5.86. The zero-order valence-corrected chi connectivity index (χ0v) is 19.1. The maximum Gasteiger partial charge on any atom is 0.233 e. The molecule has 162 valence electrons. The number of thiophene rings is 1. The Bertz CT molecular complexity index is 853. The van der Waals surface area contributed by atoms with Crippen LogP contribution in [0.3, 0.4) is 0 Å². The molecule has 0 radical (unpaired) electrons. The highest BCUT2D eigenvalue weighted by molar-refractivity contribution is 7.99. The molecule has 0 aliphatic carbocycles. The molecule has 2 amide bonds. The first-order chi connectivity index (χ1) is 14.7. The molecular formula is C21H29N5O2S2. The van der Waals surface area contributed by atoms with Crippen LogP contribution in [0.1, 0.15) is 39.0 Å². The summed E-state index contributed by atoms with van der Waals surface area (Å²) in [4.78, 5) is 30.5. The van der Waals surface area contributed by atoms with Gasteiger partial charge in [0, 0.05) is 38.6 Å². The third-order valence-corrected chi connectivity index (χ3v) is 7.78. The van der Waals surface area contributed by atoms with Crippen molar-refractivity contribution in [1.29, 1.82) is 0 Å². The average Bonchev–Trinajstić information content (AvgIpc) is 3.47. The predicted molar refractivity (Wildman–Crippen MR) is 119 cm³/mol. The van der Waals surface area contributed by atoms with E-state index in [0.29, 0.717) is 24.7 Å². The Morgan fingerprint density at radius 2 is 1.87 bits per heavy atom. The number of carbonyl (C=O) groups excluding carboxylic acids is 2. The van der Waals surface area contributed by atoms with E-state index in [1.54, 1.807) is 11.3 Å². The molecule has 4 rings (SSSR count). The van der Waals surface area contributed by atoms with E-state index in [-0.39, 0.29) is 11.8 Å². The number of piperidine rings is 2. The lowest BCUT2D eigenvalue weighted by molar-refractivity contribution is -0.140. The summed E-state index contributed by atoms with van der Waals surface area (Å²) in [6.07, 6.45) is 5.03. The standard InChI is InChI=1S/C21H29N5O2S2/c1-2-26-19(17-7-6-14-29-17)22-23-21(26)30-15-18(27)24-12-8-16(9-13-24)20(28)25-10-4-3-5-11-25/h6-7,14,16H,2-5,8-13,15H2,1H3. The Kier molecular flexibility index (Phi) is 7.09. The summed E-state index contributed by atoms with van der Waals surface area (Å²) in [6.45, 7) is 5.98. The second kappa shape index (κ2) is 9.96. The van der Waals surface area contributed by atoms with Gasteiger partial charge in [0.05, 0.1) is 10.6 Å². The summed E-state index contributed by atoms with van der Waals surface area (Å²) in [7, 11) is 0. The molecule has 2 saturated heterocycles. The van der Waals surface area contributed by atoms with Crippen molar-refractivity contribution in [2.24, 2.45) is 5.92 Å². The van der Waals surface area contributed by atoms with Crippen molar-refractivity contribution in [3.05, 3.63) is 17.5 Å². The summed E-state index contributed by atoms with van der Waals surface area (Å²) in [5.41, 5.74) is 0. The van der Waals surface area contributed by atoms with Gasteiger partial charge in [0.1, 0.15) is 0 Å². The van der Waals surface area contributed by atoms with Gasteiger partial charge in [-0.15, -0.1) is 21.5 Å². The third-order valence-electron chi connectivity index (χ3n) is 5.96. The maximum absolute atomic E-state index is 12.7. The number of aromatic nitrogens is 3. The summed E-state index contributed by atoms with van der Waals surface area (Å²) >= 11 is 3.09. The zero-order valence-electron chi connectivity index (χ0n) is 17.5. The lowest BCUT2D eigenvalue weighted by Gasteiger charge is -2.35. The Morgan fingerprint density at radius 3 is 2.53 bits per heavy atom. The predicted octanol–water partition coefficient (Wildman–Crippen LogP) is 3.37. The van der Waals surface area contributed by atoms with Crippen molar-refractivity contribution in [3.63, 3.8) is 0 Å². The van der Waals surface area contributed by atoms with Crippen molar-refractivity contribution in [2.45, 2.75) is 50.7 Å². The highest BCUT2D eigenvalue weighted by atomic mass is 32.2. The second-order valence-corrected chi connectivity index (χ2v) is 9.75. The molecule has 2 aromatic rings. The van der Waals surface area contributed by atoms with Gasteiger partial charge in [-0.25, -0.2) is 0 Å². The SMILES string of the molecule is CCn1c(SCC(=O)N2CCC(C(=O)N3CCCCC3)CC2)nnc1-c1cccs1. The summed E-state index contributed by atoms with van der Waals surface area (Å²) in [6, 6.07) is 4.04. The number of likely N-dealkylation sites (tertiary alicyclic amines) is 2. The van der Waals surface area contributed by atoms with Gasteiger partial charge in [-0.3, -0.25) is 9.59 Å². The molecule has 0 saturated carbocycles. The molecule has 0 bridgehead atoms. The number of thioether (sulfide) groups is 1. The summed E-state index contributed by atoms with van der Waals surface area (Å²) in [5.74, 6) is 1.71. The van der Waals surface area contributed by atoms with E-state index in [1.807, 2.05) is 27.3 Å². The molecule has 0 N–H and O–H groups in total. The minimum absolute atomic E-state index is 0.0800. The van der Waals surface area contributed by atoms with Crippen LogP contribution in [-0.2, 0) is 16.1 Å². The minimum atomic E-state index is 0.0800. The molecule has 9 heteroatoms. The van der Waals surface area contributed by atoms with Crippen LogP contribution in [0.15, 0.2) is 22.7 Å². The topological polar surface area (TPSA) is 71.3 Å². The van der Waals surface area contributed by atoms with Crippen LogP contribution >= 0.6 is 23.1 Å². The molecule has 7 nitrogen and oxygen atoms in total. The molecule has 2 aliphatic rings. The summed E-state index contributed by atoms with van der Waals surface area (Å²) < 4.78 is 2.06. The number of carbonyl (C=O) groups is 2. The van der Waals surface area contributed by atoms with Gasteiger partial charge in [-0.2, -0.15) is 0 Å². The lowest BCUT2D eigenvalue weighted by atomic mass is 9.94. The van der Waals surface area contributed by atoms with Gasteiger partial charge in [0.15, 0.2) is 11.0 Å². The van der Waals surface area contributed by atoms with Crippen molar-refractivity contribution in [2.75, 3.05) is 31.9 Å². The van der Waals surface area contributed by atoms with E-state index in [2.05, 4.69) is 21.7 Å². The van der Waals surface area contributed by atoms with E-state index in [4.69, 9.17) is 0 Å². The largest absolute Gasteiger partial charge is 0.342 e. The van der Waals surface area contributed by atoms with Crippen LogP contribution in [0.4, 0.5) is 0 Å². The second-order valence-electron chi connectivity index (χ2n) is 7.86. The Morgan fingerprint density at radius 1 is 1.10 bits per heavy atom. The van der Waals surface area contributed by atoms with E-state index in [1.165, 1.54) is 18.2 Å². The number of amides is 2. The Hall–Kier alpha value is -1.87. The first-order valence-electron chi connectivity index (χ1n) is 10.8. The van der Waals surface area contributed by atoms with Gasteiger partial charge in [-0.05, 0) is 50.5 Å². The fourth-order valence-electron chi connectivity index (χ4n) is 4.23. The molecule has 4 heterocycles. The normalized spacial score (nSPS) is 18.0. The van der Waals surface area contributed by atoms with Gasteiger partial charge in [-0.1, -0.05) is 17.8 Å². The van der Waals surface area contributed by atoms with Gasteiger partial charge in [0.25, 0.3) is 0 Å².